The van der Waals surface area contributed by atoms with Crippen molar-refractivity contribution < 1.29 is 0 Å². The van der Waals surface area contributed by atoms with Crippen molar-refractivity contribution in [1.82, 2.24) is 9.80 Å². The Morgan fingerprint density at radius 3 is 1.05 bits per heavy atom. The number of hydrogen-bond acceptors (Lipinski definition) is 2. The first-order valence-electron chi connectivity index (χ1n) is 7.73. The summed E-state index contributed by atoms with van der Waals surface area (Å²) in [5.41, 5.74) is 3.93. The van der Waals surface area contributed by atoms with E-state index in [4.69, 9.17) is 0 Å². The van der Waals surface area contributed by atoms with Crippen LogP contribution in [0.25, 0.3) is 0 Å². The van der Waals surface area contributed by atoms with Crippen molar-refractivity contribution in [2.75, 3.05) is 40.3 Å². The molecule has 2 aliphatic heterocycles. The summed E-state index contributed by atoms with van der Waals surface area (Å²) in [5, 5.41) is 0. The standard InChI is InChI=1S/2C9H17N.CH4/c2*1-9(2,3)5-8-6-10(4)7-8;/h2*5H,6-7H2,1-4H3;1H4. The third-order valence-corrected chi connectivity index (χ3v) is 3.17. The summed E-state index contributed by atoms with van der Waals surface area (Å²) in [6, 6.07) is 0. The molecule has 21 heavy (non-hydrogen) atoms. The van der Waals surface area contributed by atoms with Crippen LogP contribution in [0.2, 0.25) is 0 Å². The van der Waals surface area contributed by atoms with Crippen LogP contribution >= 0.6 is 0 Å². The lowest BCUT2D eigenvalue weighted by atomic mass is 9.91. The van der Waals surface area contributed by atoms with E-state index >= 15 is 0 Å². The van der Waals surface area contributed by atoms with E-state index in [1.807, 2.05) is 0 Å². The molecule has 2 heterocycles. The molecular formula is C19H38N2. The minimum Gasteiger partial charge on any atom is -0.298 e. The topological polar surface area (TPSA) is 6.48 Å². The van der Waals surface area contributed by atoms with E-state index < -0.39 is 0 Å². The van der Waals surface area contributed by atoms with E-state index in [-0.39, 0.29) is 7.43 Å². The van der Waals surface area contributed by atoms with E-state index in [0.717, 1.165) is 0 Å². The van der Waals surface area contributed by atoms with Crippen molar-refractivity contribution in [2.24, 2.45) is 10.8 Å². The van der Waals surface area contributed by atoms with Gasteiger partial charge in [0.15, 0.2) is 0 Å². The van der Waals surface area contributed by atoms with Crippen molar-refractivity contribution >= 4 is 0 Å². The Balaban J connectivity index is 0.000000364. The van der Waals surface area contributed by atoms with Gasteiger partial charge in [0, 0.05) is 26.2 Å². The quantitative estimate of drug-likeness (QED) is 0.609. The summed E-state index contributed by atoms with van der Waals surface area (Å²) >= 11 is 0. The summed E-state index contributed by atoms with van der Waals surface area (Å²) in [6.45, 7) is 18.2. The molecule has 0 atom stereocenters. The van der Waals surface area contributed by atoms with Gasteiger partial charge >= 0.3 is 0 Å². The van der Waals surface area contributed by atoms with Crippen LogP contribution in [-0.2, 0) is 0 Å². The molecule has 0 saturated carbocycles. The summed E-state index contributed by atoms with van der Waals surface area (Å²) in [5.74, 6) is 0. The molecule has 0 bridgehead atoms. The second-order valence-corrected chi connectivity index (χ2v) is 8.68. The van der Waals surface area contributed by atoms with Gasteiger partial charge in [0.25, 0.3) is 0 Å². The van der Waals surface area contributed by atoms with Crippen molar-refractivity contribution in [3.05, 3.63) is 23.3 Å². The third-order valence-electron chi connectivity index (χ3n) is 3.17. The van der Waals surface area contributed by atoms with E-state index in [1.54, 1.807) is 11.1 Å². The highest BCUT2D eigenvalue weighted by molar-refractivity contribution is 5.17. The average molecular weight is 295 g/mol. The van der Waals surface area contributed by atoms with Crippen molar-refractivity contribution in [3.8, 4) is 0 Å². The molecule has 0 aromatic heterocycles. The first kappa shape index (κ1) is 20.4. The lowest BCUT2D eigenvalue weighted by Crippen LogP contribution is -2.36. The van der Waals surface area contributed by atoms with Gasteiger partial charge in [-0.2, -0.15) is 0 Å². The number of rotatable bonds is 0. The maximum Gasteiger partial charge on any atom is 0.0206 e. The highest BCUT2D eigenvalue weighted by atomic mass is 15.1. The average Bonchev–Trinajstić information content (AvgIpc) is 2.09. The first-order chi connectivity index (χ1) is 8.94. The molecule has 2 aliphatic rings. The number of hydrogen-bond donors (Lipinski definition) is 0. The SMILES string of the molecule is C.CN1CC(=CC(C)(C)C)C1.CN1CC(=CC(C)(C)C)C1. The molecule has 0 radical (unpaired) electrons. The summed E-state index contributed by atoms with van der Waals surface area (Å²) in [7, 11) is 4.31. The van der Waals surface area contributed by atoms with Crippen LogP contribution in [0.3, 0.4) is 0 Å². The fourth-order valence-corrected chi connectivity index (χ4v) is 2.70. The summed E-state index contributed by atoms with van der Waals surface area (Å²) in [6.07, 6.45) is 4.76. The zero-order valence-electron chi connectivity index (χ0n) is 14.9. The van der Waals surface area contributed by atoms with Crippen LogP contribution in [0.4, 0.5) is 0 Å². The fraction of sp³-hybridized carbons (Fsp3) is 0.789. The Kier molecular flexibility index (Phi) is 7.38. The van der Waals surface area contributed by atoms with E-state index in [1.165, 1.54) is 26.2 Å². The molecular weight excluding hydrogens is 256 g/mol. The largest absolute Gasteiger partial charge is 0.298 e. The summed E-state index contributed by atoms with van der Waals surface area (Å²) < 4.78 is 0. The molecule has 0 aromatic carbocycles. The van der Waals surface area contributed by atoms with Crippen LogP contribution in [0.1, 0.15) is 49.0 Å². The Morgan fingerprint density at radius 2 is 0.905 bits per heavy atom. The number of allylic oxidation sites excluding steroid dienone is 2. The van der Waals surface area contributed by atoms with Gasteiger partial charge in [-0.05, 0) is 36.1 Å². The molecule has 0 spiro atoms. The molecule has 2 saturated heterocycles. The number of likely N-dealkylation sites (tertiary alicyclic amines) is 2. The third kappa shape index (κ3) is 9.10. The maximum atomic E-state index is 2.38. The Bertz CT molecular complexity index is 323. The van der Waals surface area contributed by atoms with Gasteiger partial charge in [0.05, 0.1) is 0 Å². The molecule has 0 amide bonds. The predicted octanol–water partition coefficient (Wildman–Crippen LogP) is 4.44. The zero-order valence-corrected chi connectivity index (χ0v) is 14.9. The van der Waals surface area contributed by atoms with E-state index in [9.17, 15) is 0 Å². The van der Waals surface area contributed by atoms with Crippen molar-refractivity contribution in [2.45, 2.75) is 49.0 Å². The molecule has 2 nitrogen and oxygen atoms in total. The zero-order chi connectivity index (χ0) is 15.6. The van der Waals surface area contributed by atoms with Crippen LogP contribution in [0.5, 0.6) is 0 Å². The summed E-state index contributed by atoms with van der Waals surface area (Å²) in [4.78, 5) is 4.63. The highest BCUT2D eigenvalue weighted by Gasteiger charge is 2.18. The van der Waals surface area contributed by atoms with Crippen molar-refractivity contribution in [3.63, 3.8) is 0 Å². The van der Waals surface area contributed by atoms with Gasteiger partial charge < -0.3 is 0 Å². The van der Waals surface area contributed by atoms with Gasteiger partial charge in [0.2, 0.25) is 0 Å². The molecule has 2 rings (SSSR count). The lowest BCUT2D eigenvalue weighted by molar-refractivity contribution is 0.303. The Hall–Kier alpha value is -0.600. The molecule has 2 heteroatoms. The fourth-order valence-electron chi connectivity index (χ4n) is 2.70. The second-order valence-electron chi connectivity index (χ2n) is 8.68. The van der Waals surface area contributed by atoms with Gasteiger partial charge in [-0.1, -0.05) is 61.1 Å². The van der Waals surface area contributed by atoms with Crippen LogP contribution in [0, 0.1) is 10.8 Å². The van der Waals surface area contributed by atoms with Crippen molar-refractivity contribution in [1.29, 1.82) is 0 Å². The smallest absolute Gasteiger partial charge is 0.0206 e. The number of likely N-dealkylation sites (N-methyl/N-ethyl adjacent to an activating group) is 2. The molecule has 2 fully saturated rings. The van der Waals surface area contributed by atoms with Gasteiger partial charge in [-0.3, -0.25) is 9.80 Å². The Labute approximate surface area is 133 Å². The molecule has 0 unspecified atom stereocenters. The van der Waals surface area contributed by atoms with Gasteiger partial charge in [-0.15, -0.1) is 0 Å². The van der Waals surface area contributed by atoms with E-state index in [2.05, 4.69) is 77.6 Å². The molecule has 0 aliphatic carbocycles. The highest BCUT2D eigenvalue weighted by Crippen LogP contribution is 2.22. The molecule has 0 N–H and O–H groups in total. The van der Waals surface area contributed by atoms with Crippen LogP contribution in [-0.4, -0.2) is 50.1 Å². The van der Waals surface area contributed by atoms with Crippen LogP contribution in [0.15, 0.2) is 23.3 Å². The minimum atomic E-state index is 0. The predicted molar refractivity (Wildman–Crippen MR) is 96.8 cm³/mol. The van der Waals surface area contributed by atoms with E-state index in [0.29, 0.717) is 10.8 Å². The second kappa shape index (κ2) is 7.60. The first-order valence-corrected chi connectivity index (χ1v) is 7.73. The van der Waals surface area contributed by atoms with Gasteiger partial charge in [0.1, 0.15) is 0 Å². The molecule has 0 aromatic rings. The molecule has 124 valence electrons. The van der Waals surface area contributed by atoms with Gasteiger partial charge in [-0.25, -0.2) is 0 Å². The maximum absolute atomic E-state index is 2.38. The normalized spacial score (nSPS) is 19.6. The van der Waals surface area contributed by atoms with Crippen LogP contribution < -0.4 is 0 Å². The Morgan fingerprint density at radius 1 is 0.667 bits per heavy atom. The monoisotopic (exact) mass is 294 g/mol. The number of nitrogens with zero attached hydrogens (tertiary/aromatic N) is 2. The lowest BCUT2D eigenvalue weighted by Gasteiger charge is -2.32. The minimum absolute atomic E-state index is 0.